The zero-order valence-electron chi connectivity index (χ0n) is 12.2. The van der Waals surface area contributed by atoms with Crippen molar-refractivity contribution in [3.63, 3.8) is 0 Å². The van der Waals surface area contributed by atoms with Crippen molar-refractivity contribution >= 4 is 0 Å². The summed E-state index contributed by atoms with van der Waals surface area (Å²) in [5.41, 5.74) is 0. The monoisotopic (exact) mass is 240 g/mol. The summed E-state index contributed by atoms with van der Waals surface area (Å²) in [6.07, 6.45) is 9.75. The Balaban J connectivity index is 2.16. The van der Waals surface area contributed by atoms with Gasteiger partial charge >= 0.3 is 0 Å². The van der Waals surface area contributed by atoms with Crippen LogP contribution >= 0.6 is 0 Å². The largest absolute Gasteiger partial charge is 0.315 e. The van der Waals surface area contributed by atoms with Crippen molar-refractivity contribution < 1.29 is 0 Å². The van der Waals surface area contributed by atoms with Gasteiger partial charge in [0.15, 0.2) is 0 Å². The van der Waals surface area contributed by atoms with E-state index in [4.69, 9.17) is 0 Å². The Morgan fingerprint density at radius 3 is 2.47 bits per heavy atom. The van der Waals surface area contributed by atoms with Crippen LogP contribution in [0.4, 0.5) is 0 Å². The fourth-order valence-electron chi connectivity index (χ4n) is 3.09. The summed E-state index contributed by atoms with van der Waals surface area (Å²) in [5, 5.41) is 3.62. The van der Waals surface area contributed by atoms with E-state index in [1.165, 1.54) is 58.0 Å². The molecule has 1 unspecified atom stereocenters. The molecule has 17 heavy (non-hydrogen) atoms. The fourth-order valence-corrected chi connectivity index (χ4v) is 3.09. The molecule has 0 bridgehead atoms. The Bertz CT molecular complexity index is 176. The average molecular weight is 240 g/mol. The number of rotatable bonds is 9. The minimum Gasteiger partial charge on any atom is -0.315 e. The quantitative estimate of drug-likeness (QED) is 0.621. The molecule has 2 heteroatoms. The number of likely N-dealkylation sites (N-methyl/N-ethyl adjacent to an activating group) is 1. The van der Waals surface area contributed by atoms with E-state index in [-0.39, 0.29) is 0 Å². The molecule has 0 heterocycles. The van der Waals surface area contributed by atoms with E-state index in [2.05, 4.69) is 31.0 Å². The molecule has 1 atom stereocenters. The first kappa shape index (κ1) is 15.0. The van der Waals surface area contributed by atoms with E-state index in [9.17, 15) is 0 Å². The molecule has 1 fully saturated rings. The van der Waals surface area contributed by atoms with Gasteiger partial charge in [-0.2, -0.15) is 0 Å². The Labute approximate surface area is 108 Å². The minimum absolute atomic E-state index is 0.699. The lowest BCUT2D eigenvalue weighted by molar-refractivity contribution is 0.151. The van der Waals surface area contributed by atoms with Gasteiger partial charge in [0.1, 0.15) is 0 Å². The van der Waals surface area contributed by atoms with Crippen LogP contribution in [0.5, 0.6) is 0 Å². The van der Waals surface area contributed by atoms with Gasteiger partial charge in [-0.1, -0.05) is 39.5 Å². The zero-order chi connectivity index (χ0) is 12.5. The van der Waals surface area contributed by atoms with Crippen LogP contribution in [0.2, 0.25) is 0 Å². The van der Waals surface area contributed by atoms with Gasteiger partial charge in [0, 0.05) is 18.6 Å². The molecule has 1 saturated carbocycles. The first-order valence-corrected chi connectivity index (χ1v) is 7.76. The van der Waals surface area contributed by atoms with Gasteiger partial charge in [0.05, 0.1) is 0 Å². The second-order valence-electron chi connectivity index (χ2n) is 5.53. The maximum absolute atomic E-state index is 3.62. The predicted octanol–water partition coefficient (Wildman–Crippen LogP) is 3.42. The molecular formula is C15H32N2. The number of nitrogens with one attached hydrogen (secondary N) is 1. The van der Waals surface area contributed by atoms with Gasteiger partial charge in [-0.05, 0) is 39.3 Å². The Morgan fingerprint density at radius 2 is 1.88 bits per heavy atom. The first-order chi connectivity index (χ1) is 8.29. The van der Waals surface area contributed by atoms with Crippen molar-refractivity contribution in [2.75, 3.05) is 19.6 Å². The number of hydrogen-bond acceptors (Lipinski definition) is 2. The van der Waals surface area contributed by atoms with Crippen LogP contribution in [-0.4, -0.2) is 36.6 Å². The SMILES string of the molecule is CCCCCNCC(C)N(CC)C1CCCC1. The molecule has 1 N–H and O–H groups in total. The molecular weight excluding hydrogens is 208 g/mol. The highest BCUT2D eigenvalue weighted by molar-refractivity contribution is 4.81. The third-order valence-corrected chi connectivity index (χ3v) is 4.12. The lowest BCUT2D eigenvalue weighted by Gasteiger charge is -2.33. The molecule has 1 aliphatic carbocycles. The zero-order valence-corrected chi connectivity index (χ0v) is 12.2. The van der Waals surface area contributed by atoms with E-state index in [0.717, 1.165) is 12.6 Å². The third kappa shape index (κ3) is 5.39. The van der Waals surface area contributed by atoms with Crippen LogP contribution < -0.4 is 5.32 Å². The first-order valence-electron chi connectivity index (χ1n) is 7.76. The van der Waals surface area contributed by atoms with Crippen LogP contribution in [0.3, 0.4) is 0 Å². The highest BCUT2D eigenvalue weighted by Crippen LogP contribution is 2.24. The number of nitrogens with zero attached hydrogens (tertiary/aromatic N) is 1. The second kappa shape index (κ2) is 8.93. The predicted molar refractivity (Wildman–Crippen MR) is 76.5 cm³/mol. The van der Waals surface area contributed by atoms with Gasteiger partial charge in [-0.25, -0.2) is 0 Å². The number of hydrogen-bond donors (Lipinski definition) is 1. The lowest BCUT2D eigenvalue weighted by atomic mass is 10.1. The van der Waals surface area contributed by atoms with Crippen molar-refractivity contribution in [1.29, 1.82) is 0 Å². The molecule has 1 aliphatic rings. The van der Waals surface area contributed by atoms with Gasteiger partial charge in [0.2, 0.25) is 0 Å². The van der Waals surface area contributed by atoms with Crippen molar-refractivity contribution in [2.24, 2.45) is 0 Å². The van der Waals surface area contributed by atoms with Crippen molar-refractivity contribution in [3.8, 4) is 0 Å². The van der Waals surface area contributed by atoms with E-state index in [1.807, 2.05) is 0 Å². The lowest BCUT2D eigenvalue weighted by Crippen LogP contribution is -2.45. The molecule has 102 valence electrons. The van der Waals surface area contributed by atoms with E-state index >= 15 is 0 Å². The average Bonchev–Trinajstić information content (AvgIpc) is 2.83. The molecule has 0 spiro atoms. The molecule has 0 aromatic rings. The van der Waals surface area contributed by atoms with Crippen molar-refractivity contribution in [3.05, 3.63) is 0 Å². The van der Waals surface area contributed by atoms with Crippen LogP contribution in [0.15, 0.2) is 0 Å². The summed E-state index contributed by atoms with van der Waals surface area (Å²) in [5.74, 6) is 0. The Kier molecular flexibility index (Phi) is 7.87. The highest BCUT2D eigenvalue weighted by atomic mass is 15.2. The molecule has 0 radical (unpaired) electrons. The van der Waals surface area contributed by atoms with E-state index < -0.39 is 0 Å². The summed E-state index contributed by atoms with van der Waals surface area (Å²) >= 11 is 0. The molecule has 0 aromatic heterocycles. The molecule has 1 rings (SSSR count). The van der Waals surface area contributed by atoms with Crippen molar-refractivity contribution in [2.45, 2.75) is 77.8 Å². The summed E-state index contributed by atoms with van der Waals surface area (Å²) in [4.78, 5) is 2.71. The Morgan fingerprint density at radius 1 is 1.18 bits per heavy atom. The highest BCUT2D eigenvalue weighted by Gasteiger charge is 2.24. The normalized spacial score (nSPS) is 19.1. The van der Waals surface area contributed by atoms with Crippen LogP contribution in [0.25, 0.3) is 0 Å². The van der Waals surface area contributed by atoms with Gasteiger partial charge < -0.3 is 5.32 Å². The maximum Gasteiger partial charge on any atom is 0.0195 e. The van der Waals surface area contributed by atoms with Crippen LogP contribution in [0, 0.1) is 0 Å². The molecule has 0 aliphatic heterocycles. The van der Waals surface area contributed by atoms with Crippen molar-refractivity contribution in [1.82, 2.24) is 10.2 Å². The fraction of sp³-hybridized carbons (Fsp3) is 1.00. The van der Waals surface area contributed by atoms with Gasteiger partial charge in [-0.15, -0.1) is 0 Å². The van der Waals surface area contributed by atoms with Gasteiger partial charge in [0.25, 0.3) is 0 Å². The second-order valence-corrected chi connectivity index (χ2v) is 5.53. The molecule has 0 aromatic carbocycles. The Hall–Kier alpha value is -0.0800. The summed E-state index contributed by atoms with van der Waals surface area (Å²) < 4.78 is 0. The van der Waals surface area contributed by atoms with Crippen LogP contribution in [0.1, 0.15) is 65.7 Å². The standard InChI is InChI=1S/C15H32N2/c1-4-6-9-12-16-13-14(3)17(5-2)15-10-7-8-11-15/h14-16H,4-13H2,1-3H3. The van der Waals surface area contributed by atoms with Crippen LogP contribution in [-0.2, 0) is 0 Å². The minimum atomic E-state index is 0.699. The summed E-state index contributed by atoms with van der Waals surface area (Å²) in [7, 11) is 0. The molecule has 2 nitrogen and oxygen atoms in total. The smallest absolute Gasteiger partial charge is 0.0195 e. The molecule has 0 amide bonds. The topological polar surface area (TPSA) is 15.3 Å². The maximum atomic E-state index is 3.62. The van der Waals surface area contributed by atoms with Gasteiger partial charge in [-0.3, -0.25) is 4.90 Å². The summed E-state index contributed by atoms with van der Waals surface area (Å²) in [6, 6.07) is 1.57. The van der Waals surface area contributed by atoms with E-state index in [0.29, 0.717) is 6.04 Å². The third-order valence-electron chi connectivity index (χ3n) is 4.12. The van der Waals surface area contributed by atoms with E-state index in [1.54, 1.807) is 0 Å². The number of unbranched alkanes of at least 4 members (excludes halogenated alkanes) is 2. The summed E-state index contributed by atoms with van der Waals surface area (Å²) in [6.45, 7) is 10.5. The molecule has 0 saturated heterocycles.